The molecular weight excluding hydrogens is 424 g/mol. The Labute approximate surface area is 170 Å². The normalized spacial score (nSPS) is 13.0. The Bertz CT molecular complexity index is 1080. The van der Waals surface area contributed by atoms with Gasteiger partial charge in [0, 0.05) is 18.0 Å². The molecule has 0 aromatic heterocycles. The van der Waals surface area contributed by atoms with Crippen molar-refractivity contribution in [1.29, 1.82) is 0 Å². The van der Waals surface area contributed by atoms with Crippen LogP contribution in [0.5, 0.6) is 0 Å². The van der Waals surface area contributed by atoms with Gasteiger partial charge < -0.3 is 5.32 Å². The van der Waals surface area contributed by atoms with E-state index in [9.17, 15) is 21.6 Å². The molecule has 0 spiro atoms. The molecule has 0 saturated heterocycles. The molecule has 0 aliphatic heterocycles. The van der Waals surface area contributed by atoms with Crippen LogP contribution in [0, 0.1) is 0 Å². The van der Waals surface area contributed by atoms with Crippen molar-refractivity contribution in [3.8, 4) is 0 Å². The van der Waals surface area contributed by atoms with E-state index in [0.29, 0.717) is 6.42 Å². The van der Waals surface area contributed by atoms with E-state index in [1.807, 2.05) is 13.8 Å². The summed E-state index contributed by atoms with van der Waals surface area (Å²) >= 11 is 6.06. The summed E-state index contributed by atoms with van der Waals surface area (Å²) in [7, 11) is -7.39. The molecule has 2 rings (SSSR count). The molecule has 0 heterocycles. The molecule has 0 aliphatic carbocycles. The average molecular weight is 445 g/mol. The summed E-state index contributed by atoms with van der Waals surface area (Å²) in [6.45, 7) is 3.74. The van der Waals surface area contributed by atoms with Crippen LogP contribution in [0.25, 0.3) is 0 Å². The minimum atomic E-state index is -4.01. The molecule has 152 valence electrons. The molecule has 1 unspecified atom stereocenters. The number of anilines is 1. The second-order valence-electron chi connectivity index (χ2n) is 6.33. The van der Waals surface area contributed by atoms with Gasteiger partial charge in [0.1, 0.15) is 0 Å². The maximum atomic E-state index is 12.6. The van der Waals surface area contributed by atoms with E-state index in [1.54, 1.807) is 0 Å². The fourth-order valence-electron chi connectivity index (χ4n) is 2.23. The van der Waals surface area contributed by atoms with Crippen LogP contribution >= 0.6 is 11.6 Å². The topological polar surface area (TPSA) is 109 Å². The predicted molar refractivity (Wildman–Crippen MR) is 109 cm³/mol. The highest BCUT2D eigenvalue weighted by atomic mass is 35.5. The minimum Gasteiger partial charge on any atom is -0.350 e. The van der Waals surface area contributed by atoms with Gasteiger partial charge in [-0.2, -0.15) is 0 Å². The summed E-state index contributed by atoms with van der Waals surface area (Å²) in [6.07, 6.45) is 1.78. The van der Waals surface area contributed by atoms with Gasteiger partial charge in [0.05, 0.1) is 20.4 Å². The Morgan fingerprint density at radius 1 is 1.04 bits per heavy atom. The first-order valence-electron chi connectivity index (χ1n) is 8.37. The summed E-state index contributed by atoms with van der Waals surface area (Å²) in [5.74, 6) is -0.464. The Hall–Kier alpha value is -2.10. The fraction of sp³-hybridized carbons (Fsp3) is 0.278. The summed E-state index contributed by atoms with van der Waals surface area (Å²) in [5, 5.41) is 2.88. The maximum Gasteiger partial charge on any atom is 0.261 e. The molecule has 10 heteroatoms. The van der Waals surface area contributed by atoms with Gasteiger partial charge in [-0.15, -0.1) is 0 Å². The van der Waals surface area contributed by atoms with E-state index in [2.05, 4.69) is 10.0 Å². The van der Waals surface area contributed by atoms with Gasteiger partial charge in [-0.3, -0.25) is 9.52 Å². The van der Waals surface area contributed by atoms with Crippen molar-refractivity contribution in [3.63, 3.8) is 0 Å². The number of sulfonamides is 1. The van der Waals surface area contributed by atoms with Crippen molar-refractivity contribution < 1.29 is 21.6 Å². The lowest BCUT2D eigenvalue weighted by atomic mass is 10.2. The SMILES string of the molecule is CCC(C)NC(=O)c1cc(S(=O)(=O)Nc2ccc(S(C)(=O)=O)cc2)ccc1Cl. The van der Waals surface area contributed by atoms with Gasteiger partial charge in [-0.05, 0) is 55.8 Å². The Kier molecular flexibility index (Phi) is 6.74. The molecule has 1 amide bonds. The number of carbonyl (C=O) groups is 1. The zero-order valence-electron chi connectivity index (χ0n) is 15.6. The molecular formula is C18H21ClN2O5S2. The lowest BCUT2D eigenvalue weighted by Gasteiger charge is -2.14. The number of rotatable bonds is 7. The summed E-state index contributed by atoms with van der Waals surface area (Å²) in [5.41, 5.74) is 0.241. The first-order valence-corrected chi connectivity index (χ1v) is 12.1. The molecule has 2 aromatic rings. The lowest BCUT2D eigenvalue weighted by molar-refractivity contribution is 0.0939. The fourth-order valence-corrected chi connectivity index (χ4v) is 4.15. The van der Waals surface area contributed by atoms with Crippen molar-refractivity contribution in [3.05, 3.63) is 53.1 Å². The number of sulfone groups is 1. The van der Waals surface area contributed by atoms with E-state index in [1.165, 1.54) is 42.5 Å². The van der Waals surface area contributed by atoms with Crippen LogP contribution in [-0.2, 0) is 19.9 Å². The second-order valence-corrected chi connectivity index (χ2v) is 10.4. The van der Waals surface area contributed by atoms with E-state index < -0.39 is 25.8 Å². The van der Waals surface area contributed by atoms with Crippen LogP contribution < -0.4 is 10.0 Å². The molecule has 28 heavy (non-hydrogen) atoms. The summed E-state index contributed by atoms with van der Waals surface area (Å²) < 4.78 is 50.6. The Balaban J connectivity index is 2.30. The van der Waals surface area contributed by atoms with Crippen LogP contribution in [0.1, 0.15) is 30.6 Å². The van der Waals surface area contributed by atoms with Crippen molar-refractivity contribution in [2.24, 2.45) is 0 Å². The minimum absolute atomic E-state index is 0.0530. The Morgan fingerprint density at radius 2 is 1.61 bits per heavy atom. The third-order valence-electron chi connectivity index (χ3n) is 4.02. The third-order valence-corrected chi connectivity index (χ3v) is 6.85. The number of hydrogen-bond donors (Lipinski definition) is 2. The summed E-state index contributed by atoms with van der Waals surface area (Å²) in [6, 6.07) is 9.05. The van der Waals surface area contributed by atoms with E-state index in [0.717, 1.165) is 6.26 Å². The number of halogens is 1. The standard InChI is InChI=1S/C18H21ClN2O5S2/c1-4-12(2)20-18(22)16-11-15(9-10-17(16)19)28(25,26)21-13-5-7-14(8-6-13)27(3,23)24/h5-12,21H,4H2,1-3H3,(H,20,22). The molecule has 1 atom stereocenters. The monoisotopic (exact) mass is 444 g/mol. The molecule has 0 aliphatic rings. The first-order chi connectivity index (χ1) is 12.9. The molecule has 0 bridgehead atoms. The van der Waals surface area contributed by atoms with Gasteiger partial charge in [-0.1, -0.05) is 18.5 Å². The molecule has 0 radical (unpaired) electrons. The number of benzene rings is 2. The van der Waals surface area contributed by atoms with Crippen molar-refractivity contribution >= 4 is 43.1 Å². The van der Waals surface area contributed by atoms with Gasteiger partial charge in [-0.25, -0.2) is 16.8 Å². The molecule has 2 aromatic carbocycles. The van der Waals surface area contributed by atoms with Crippen LogP contribution in [0.3, 0.4) is 0 Å². The lowest BCUT2D eigenvalue weighted by Crippen LogP contribution is -2.32. The Morgan fingerprint density at radius 3 is 2.14 bits per heavy atom. The smallest absolute Gasteiger partial charge is 0.261 e. The zero-order chi connectivity index (χ0) is 21.1. The van der Waals surface area contributed by atoms with E-state index >= 15 is 0 Å². The maximum absolute atomic E-state index is 12.6. The van der Waals surface area contributed by atoms with E-state index in [4.69, 9.17) is 11.6 Å². The van der Waals surface area contributed by atoms with Crippen molar-refractivity contribution in [2.75, 3.05) is 11.0 Å². The predicted octanol–water partition coefficient (Wildman–Crippen LogP) is 3.07. The quantitative estimate of drug-likeness (QED) is 0.682. The van der Waals surface area contributed by atoms with Gasteiger partial charge >= 0.3 is 0 Å². The van der Waals surface area contributed by atoms with Crippen molar-refractivity contribution in [1.82, 2.24) is 5.32 Å². The molecule has 2 N–H and O–H groups in total. The third kappa shape index (κ3) is 5.46. The van der Waals surface area contributed by atoms with Gasteiger partial charge in [0.15, 0.2) is 9.84 Å². The van der Waals surface area contributed by atoms with Crippen molar-refractivity contribution in [2.45, 2.75) is 36.1 Å². The van der Waals surface area contributed by atoms with Gasteiger partial charge in [0.2, 0.25) is 0 Å². The highest BCUT2D eigenvalue weighted by molar-refractivity contribution is 7.92. The van der Waals surface area contributed by atoms with Crippen LogP contribution in [0.4, 0.5) is 5.69 Å². The van der Waals surface area contributed by atoms with Crippen LogP contribution in [0.2, 0.25) is 5.02 Å². The van der Waals surface area contributed by atoms with Crippen LogP contribution in [-0.4, -0.2) is 35.0 Å². The highest BCUT2D eigenvalue weighted by Gasteiger charge is 2.20. The second kappa shape index (κ2) is 8.50. The van der Waals surface area contributed by atoms with Crippen LogP contribution in [0.15, 0.2) is 52.3 Å². The summed E-state index contributed by atoms with van der Waals surface area (Å²) in [4.78, 5) is 12.3. The average Bonchev–Trinajstić information content (AvgIpc) is 2.61. The largest absolute Gasteiger partial charge is 0.350 e. The number of hydrogen-bond acceptors (Lipinski definition) is 5. The van der Waals surface area contributed by atoms with Gasteiger partial charge in [0.25, 0.3) is 15.9 Å². The van der Waals surface area contributed by atoms with E-state index in [-0.39, 0.29) is 32.1 Å². The molecule has 7 nitrogen and oxygen atoms in total. The zero-order valence-corrected chi connectivity index (χ0v) is 18.0. The molecule has 0 fully saturated rings. The number of amides is 1. The number of nitrogens with one attached hydrogen (secondary N) is 2. The number of carbonyl (C=O) groups excluding carboxylic acids is 1. The first kappa shape index (κ1) is 22.2. The molecule has 0 saturated carbocycles. The highest BCUT2D eigenvalue weighted by Crippen LogP contribution is 2.23.